The third kappa shape index (κ3) is 1.72. The van der Waals surface area contributed by atoms with Gasteiger partial charge >= 0.3 is 0 Å². The van der Waals surface area contributed by atoms with E-state index < -0.39 is 0 Å². The first-order chi connectivity index (χ1) is 6.27. The molecule has 1 saturated heterocycles. The molecule has 0 spiro atoms. The van der Waals surface area contributed by atoms with Gasteiger partial charge in [-0.15, -0.1) is 0 Å². The van der Waals surface area contributed by atoms with E-state index in [1.807, 2.05) is 0 Å². The molecule has 0 unspecified atom stereocenters. The second-order valence-corrected chi connectivity index (χ2v) is 3.88. The summed E-state index contributed by atoms with van der Waals surface area (Å²) in [6.45, 7) is 5.31. The molecule has 13 heavy (non-hydrogen) atoms. The minimum absolute atomic E-state index is 0.403. The Balaban J connectivity index is 2.12. The summed E-state index contributed by atoms with van der Waals surface area (Å²) in [5, 5.41) is 10.6. The smallest absolute Gasteiger partial charge is 0.153 e. The van der Waals surface area contributed by atoms with E-state index in [-0.39, 0.29) is 0 Å². The van der Waals surface area contributed by atoms with Crippen molar-refractivity contribution in [3.8, 4) is 0 Å². The molecule has 1 aliphatic heterocycles. The van der Waals surface area contributed by atoms with E-state index in [1.54, 1.807) is 0 Å². The van der Waals surface area contributed by atoms with Gasteiger partial charge in [0.25, 0.3) is 0 Å². The van der Waals surface area contributed by atoms with Crippen LogP contribution < -0.4 is 5.32 Å². The second-order valence-electron chi connectivity index (χ2n) is 3.88. The lowest BCUT2D eigenvalue weighted by molar-refractivity contribution is 0.607. The SMILES string of the molecule is CC(C)c1n[nH]c([C@@H]2CCCN2)n1. The molecule has 1 aliphatic rings. The Kier molecular flexibility index (Phi) is 2.31. The zero-order valence-electron chi connectivity index (χ0n) is 8.17. The average Bonchev–Trinajstić information content (AvgIpc) is 2.75. The maximum atomic E-state index is 4.46. The highest BCUT2D eigenvalue weighted by molar-refractivity contribution is 5.01. The maximum absolute atomic E-state index is 4.46. The number of aromatic amines is 1. The van der Waals surface area contributed by atoms with Crippen LogP contribution in [0.2, 0.25) is 0 Å². The quantitative estimate of drug-likeness (QED) is 0.722. The van der Waals surface area contributed by atoms with Gasteiger partial charge in [-0.2, -0.15) is 5.10 Å². The molecule has 2 N–H and O–H groups in total. The predicted molar refractivity (Wildman–Crippen MR) is 50.4 cm³/mol. The lowest BCUT2D eigenvalue weighted by atomic mass is 10.2. The van der Waals surface area contributed by atoms with Gasteiger partial charge in [0.05, 0.1) is 6.04 Å². The number of hydrogen-bond donors (Lipinski definition) is 2. The Morgan fingerprint density at radius 2 is 2.31 bits per heavy atom. The summed E-state index contributed by atoms with van der Waals surface area (Å²) in [4.78, 5) is 4.46. The summed E-state index contributed by atoms with van der Waals surface area (Å²) < 4.78 is 0. The van der Waals surface area contributed by atoms with Crippen molar-refractivity contribution in [3.05, 3.63) is 11.6 Å². The average molecular weight is 180 g/mol. The van der Waals surface area contributed by atoms with Gasteiger partial charge in [-0.05, 0) is 19.4 Å². The lowest BCUT2D eigenvalue weighted by Crippen LogP contribution is -2.14. The van der Waals surface area contributed by atoms with E-state index in [9.17, 15) is 0 Å². The highest BCUT2D eigenvalue weighted by Gasteiger charge is 2.20. The lowest BCUT2D eigenvalue weighted by Gasteiger charge is -2.03. The van der Waals surface area contributed by atoms with E-state index in [0.29, 0.717) is 12.0 Å². The highest BCUT2D eigenvalue weighted by Crippen LogP contribution is 2.20. The fraction of sp³-hybridized carbons (Fsp3) is 0.778. The number of rotatable bonds is 2. The topological polar surface area (TPSA) is 53.6 Å². The van der Waals surface area contributed by atoms with Crippen LogP contribution in [0.4, 0.5) is 0 Å². The van der Waals surface area contributed by atoms with Gasteiger partial charge in [0.15, 0.2) is 5.82 Å². The van der Waals surface area contributed by atoms with E-state index in [2.05, 4.69) is 34.3 Å². The Hall–Kier alpha value is -0.900. The van der Waals surface area contributed by atoms with Gasteiger partial charge < -0.3 is 5.32 Å². The molecule has 72 valence electrons. The molecule has 0 bridgehead atoms. The Morgan fingerprint density at radius 1 is 1.46 bits per heavy atom. The van der Waals surface area contributed by atoms with Crippen LogP contribution in [0.3, 0.4) is 0 Å². The van der Waals surface area contributed by atoms with E-state index in [0.717, 1.165) is 18.2 Å². The Labute approximate surface area is 78.1 Å². The molecule has 0 aliphatic carbocycles. The van der Waals surface area contributed by atoms with Gasteiger partial charge in [0, 0.05) is 5.92 Å². The van der Waals surface area contributed by atoms with Crippen LogP contribution in [-0.4, -0.2) is 21.7 Å². The minimum Gasteiger partial charge on any atom is -0.307 e. The van der Waals surface area contributed by atoms with Crippen LogP contribution in [0, 0.1) is 0 Å². The molecule has 1 aromatic heterocycles. The molecule has 0 aromatic carbocycles. The molecule has 0 saturated carbocycles. The summed E-state index contributed by atoms with van der Waals surface area (Å²) in [6, 6.07) is 0.403. The van der Waals surface area contributed by atoms with E-state index in [4.69, 9.17) is 0 Å². The Bertz CT molecular complexity index is 273. The highest BCUT2D eigenvalue weighted by atomic mass is 15.2. The van der Waals surface area contributed by atoms with E-state index in [1.165, 1.54) is 12.8 Å². The first kappa shape index (κ1) is 8.69. The van der Waals surface area contributed by atoms with Gasteiger partial charge in [0.2, 0.25) is 0 Å². The van der Waals surface area contributed by atoms with Gasteiger partial charge in [-0.3, -0.25) is 5.10 Å². The summed E-state index contributed by atoms with van der Waals surface area (Å²) >= 11 is 0. The van der Waals surface area contributed by atoms with Crippen molar-refractivity contribution in [2.75, 3.05) is 6.54 Å². The molecule has 0 radical (unpaired) electrons. The fourth-order valence-electron chi connectivity index (χ4n) is 1.62. The number of hydrogen-bond acceptors (Lipinski definition) is 3. The van der Waals surface area contributed by atoms with Crippen LogP contribution >= 0.6 is 0 Å². The molecule has 4 nitrogen and oxygen atoms in total. The van der Waals surface area contributed by atoms with Crippen LogP contribution in [0.1, 0.15) is 50.3 Å². The van der Waals surface area contributed by atoms with E-state index >= 15 is 0 Å². The van der Waals surface area contributed by atoms with Crippen molar-refractivity contribution < 1.29 is 0 Å². The van der Waals surface area contributed by atoms with Crippen LogP contribution in [0.25, 0.3) is 0 Å². The van der Waals surface area contributed by atoms with Gasteiger partial charge in [-0.1, -0.05) is 13.8 Å². The van der Waals surface area contributed by atoms with Crippen molar-refractivity contribution in [1.82, 2.24) is 20.5 Å². The number of aromatic nitrogens is 3. The summed E-state index contributed by atoms with van der Waals surface area (Å²) in [5.41, 5.74) is 0. The van der Waals surface area contributed by atoms with Crippen molar-refractivity contribution >= 4 is 0 Å². The molecular weight excluding hydrogens is 164 g/mol. The molecule has 1 atom stereocenters. The van der Waals surface area contributed by atoms with Crippen molar-refractivity contribution in [3.63, 3.8) is 0 Å². The first-order valence-corrected chi connectivity index (χ1v) is 4.93. The summed E-state index contributed by atoms with van der Waals surface area (Å²) in [5.74, 6) is 2.33. The molecule has 2 heterocycles. The van der Waals surface area contributed by atoms with Gasteiger partial charge in [-0.25, -0.2) is 4.98 Å². The molecule has 1 aromatic rings. The molecule has 0 amide bonds. The predicted octanol–water partition coefficient (Wildman–Crippen LogP) is 1.35. The van der Waals surface area contributed by atoms with Crippen molar-refractivity contribution in [2.45, 2.75) is 38.6 Å². The summed E-state index contributed by atoms with van der Waals surface area (Å²) in [6.07, 6.45) is 2.41. The third-order valence-corrected chi connectivity index (χ3v) is 2.43. The monoisotopic (exact) mass is 180 g/mol. The number of H-pyrrole nitrogens is 1. The Morgan fingerprint density at radius 3 is 2.85 bits per heavy atom. The van der Waals surface area contributed by atoms with Gasteiger partial charge in [0.1, 0.15) is 5.82 Å². The fourth-order valence-corrected chi connectivity index (χ4v) is 1.62. The minimum atomic E-state index is 0.403. The van der Waals surface area contributed by atoms with Crippen LogP contribution in [0.5, 0.6) is 0 Å². The standard InChI is InChI=1S/C9H16N4/c1-6(2)8-11-9(13-12-8)7-4-3-5-10-7/h6-7,10H,3-5H2,1-2H3,(H,11,12,13)/t7-/m0/s1. The van der Waals surface area contributed by atoms with Crippen LogP contribution in [-0.2, 0) is 0 Å². The molecule has 2 rings (SSSR count). The van der Waals surface area contributed by atoms with Crippen LogP contribution in [0.15, 0.2) is 0 Å². The molecule has 1 fully saturated rings. The van der Waals surface area contributed by atoms with Crippen molar-refractivity contribution in [2.24, 2.45) is 0 Å². The normalized spacial score (nSPS) is 22.8. The number of nitrogens with zero attached hydrogens (tertiary/aromatic N) is 2. The first-order valence-electron chi connectivity index (χ1n) is 4.93. The summed E-state index contributed by atoms with van der Waals surface area (Å²) in [7, 11) is 0. The number of nitrogens with one attached hydrogen (secondary N) is 2. The largest absolute Gasteiger partial charge is 0.307 e. The maximum Gasteiger partial charge on any atom is 0.153 e. The zero-order valence-corrected chi connectivity index (χ0v) is 8.17. The molecule has 4 heteroatoms. The van der Waals surface area contributed by atoms with Crippen molar-refractivity contribution in [1.29, 1.82) is 0 Å². The zero-order chi connectivity index (χ0) is 9.26. The third-order valence-electron chi connectivity index (χ3n) is 2.43. The molecular formula is C9H16N4. The second kappa shape index (κ2) is 3.46.